The molecule has 0 aromatic carbocycles. The fourth-order valence-electron chi connectivity index (χ4n) is 2.92. The topological polar surface area (TPSA) is 52.6 Å². The first-order valence-corrected chi connectivity index (χ1v) is 7.47. The Hall–Kier alpha value is -1.06. The number of ether oxygens (including phenoxy) is 2. The average Bonchev–Trinajstić information content (AvgIpc) is 2.26. The van der Waals surface area contributed by atoms with E-state index in [1.165, 1.54) is 6.42 Å². The van der Waals surface area contributed by atoms with E-state index in [1.54, 1.807) is 13.8 Å². The Morgan fingerprint density at radius 1 is 1.20 bits per heavy atom. The van der Waals surface area contributed by atoms with Crippen molar-refractivity contribution in [1.29, 1.82) is 0 Å². The first-order chi connectivity index (χ1) is 9.03. The third-order valence-corrected chi connectivity index (χ3v) is 4.05. The summed E-state index contributed by atoms with van der Waals surface area (Å²) in [7, 11) is 0. The highest BCUT2D eigenvalue weighted by molar-refractivity contribution is 6.29. The van der Waals surface area contributed by atoms with Crippen LogP contribution >= 0.6 is 0 Å². The van der Waals surface area contributed by atoms with Gasteiger partial charge in [-0.2, -0.15) is 0 Å². The second kappa shape index (κ2) is 6.15. The van der Waals surface area contributed by atoms with Crippen LogP contribution in [0.1, 0.15) is 67.2 Å². The molecular weight excluding hydrogens is 256 g/mol. The number of hydrogen-bond donors (Lipinski definition) is 0. The SMILES string of the molecule is CC(C)OC(=O)C(=O)OC(C)(C)C1CCCC(C)(C)C1. The van der Waals surface area contributed by atoms with Crippen molar-refractivity contribution in [3.05, 3.63) is 0 Å². The molecule has 1 rings (SSSR count). The predicted molar refractivity (Wildman–Crippen MR) is 77.1 cm³/mol. The zero-order chi connectivity index (χ0) is 15.6. The van der Waals surface area contributed by atoms with Gasteiger partial charge >= 0.3 is 11.9 Å². The quantitative estimate of drug-likeness (QED) is 0.588. The van der Waals surface area contributed by atoms with Gasteiger partial charge < -0.3 is 9.47 Å². The molecule has 0 amide bonds. The molecule has 1 aliphatic rings. The van der Waals surface area contributed by atoms with Gasteiger partial charge in [0.15, 0.2) is 0 Å². The Morgan fingerprint density at radius 2 is 1.80 bits per heavy atom. The summed E-state index contributed by atoms with van der Waals surface area (Å²) in [4.78, 5) is 23.3. The maximum Gasteiger partial charge on any atom is 0.418 e. The lowest BCUT2D eigenvalue weighted by molar-refractivity contribution is -0.182. The van der Waals surface area contributed by atoms with Crippen LogP contribution < -0.4 is 0 Å². The molecule has 20 heavy (non-hydrogen) atoms. The summed E-state index contributed by atoms with van der Waals surface area (Å²) >= 11 is 0. The van der Waals surface area contributed by atoms with Gasteiger partial charge in [0.2, 0.25) is 0 Å². The fourth-order valence-corrected chi connectivity index (χ4v) is 2.92. The van der Waals surface area contributed by atoms with Crippen molar-refractivity contribution in [1.82, 2.24) is 0 Å². The molecule has 116 valence electrons. The van der Waals surface area contributed by atoms with Crippen molar-refractivity contribution in [2.45, 2.75) is 78.9 Å². The largest absolute Gasteiger partial charge is 0.455 e. The van der Waals surface area contributed by atoms with E-state index in [2.05, 4.69) is 13.8 Å². The number of esters is 2. The number of carbonyl (C=O) groups is 2. The van der Waals surface area contributed by atoms with Gasteiger partial charge in [-0.25, -0.2) is 9.59 Å². The Balaban J connectivity index is 2.64. The second-order valence-electron chi connectivity index (χ2n) is 7.40. The Morgan fingerprint density at radius 3 is 2.30 bits per heavy atom. The number of hydrogen-bond acceptors (Lipinski definition) is 4. The van der Waals surface area contributed by atoms with Crippen LogP contribution in [0.3, 0.4) is 0 Å². The summed E-state index contributed by atoms with van der Waals surface area (Å²) in [6.45, 7) is 11.7. The molecule has 0 bridgehead atoms. The highest BCUT2D eigenvalue weighted by Crippen LogP contribution is 2.43. The molecular formula is C16H28O4. The minimum absolute atomic E-state index is 0.269. The molecule has 1 saturated carbocycles. The van der Waals surface area contributed by atoms with Crippen LogP contribution in [-0.2, 0) is 19.1 Å². The molecule has 0 aliphatic heterocycles. The third-order valence-electron chi connectivity index (χ3n) is 4.05. The van der Waals surface area contributed by atoms with Gasteiger partial charge in [-0.1, -0.05) is 20.3 Å². The van der Waals surface area contributed by atoms with Gasteiger partial charge in [0.25, 0.3) is 0 Å². The van der Waals surface area contributed by atoms with E-state index < -0.39 is 17.5 Å². The lowest BCUT2D eigenvalue weighted by atomic mass is 9.67. The highest BCUT2D eigenvalue weighted by atomic mass is 16.6. The minimum atomic E-state index is -0.900. The van der Waals surface area contributed by atoms with Gasteiger partial charge in [0.05, 0.1) is 6.10 Å². The molecule has 4 nitrogen and oxygen atoms in total. The maximum atomic E-state index is 11.8. The van der Waals surface area contributed by atoms with Crippen molar-refractivity contribution in [3.63, 3.8) is 0 Å². The lowest BCUT2D eigenvalue weighted by Gasteiger charge is -2.42. The van der Waals surface area contributed by atoms with E-state index in [0.717, 1.165) is 19.3 Å². The van der Waals surface area contributed by atoms with Crippen molar-refractivity contribution in [2.75, 3.05) is 0 Å². The molecule has 1 aliphatic carbocycles. The van der Waals surface area contributed by atoms with E-state index in [1.807, 2.05) is 13.8 Å². The van der Waals surface area contributed by atoms with Gasteiger partial charge in [0.1, 0.15) is 5.60 Å². The summed E-state index contributed by atoms with van der Waals surface area (Å²) in [6.07, 6.45) is 4.06. The van der Waals surface area contributed by atoms with Gasteiger partial charge in [0, 0.05) is 0 Å². The van der Waals surface area contributed by atoms with Gasteiger partial charge in [-0.05, 0) is 58.3 Å². The van der Waals surface area contributed by atoms with Crippen molar-refractivity contribution >= 4 is 11.9 Å². The van der Waals surface area contributed by atoms with Crippen LogP contribution in [0, 0.1) is 11.3 Å². The maximum absolute atomic E-state index is 11.8. The molecule has 1 unspecified atom stereocenters. The minimum Gasteiger partial charge on any atom is -0.455 e. The van der Waals surface area contributed by atoms with Crippen LogP contribution in [-0.4, -0.2) is 23.6 Å². The normalized spacial score (nSPS) is 22.4. The summed E-state index contributed by atoms with van der Waals surface area (Å²) in [6, 6.07) is 0. The molecule has 0 N–H and O–H groups in total. The summed E-state index contributed by atoms with van der Waals surface area (Å²) in [5, 5.41) is 0. The Bertz CT molecular complexity index is 369. The zero-order valence-electron chi connectivity index (χ0n) is 13.6. The fraction of sp³-hybridized carbons (Fsp3) is 0.875. The molecule has 0 saturated heterocycles. The molecule has 1 fully saturated rings. The smallest absolute Gasteiger partial charge is 0.418 e. The summed E-state index contributed by atoms with van der Waals surface area (Å²) in [5.41, 5.74) is -0.365. The monoisotopic (exact) mass is 284 g/mol. The lowest BCUT2D eigenvalue weighted by Crippen LogP contribution is -2.43. The van der Waals surface area contributed by atoms with Crippen molar-refractivity contribution in [2.24, 2.45) is 11.3 Å². The average molecular weight is 284 g/mol. The van der Waals surface area contributed by atoms with Crippen molar-refractivity contribution in [3.8, 4) is 0 Å². The van der Waals surface area contributed by atoms with Gasteiger partial charge in [-0.3, -0.25) is 0 Å². The first kappa shape index (κ1) is 17.0. The van der Waals surface area contributed by atoms with E-state index in [0.29, 0.717) is 0 Å². The molecule has 1 atom stereocenters. The van der Waals surface area contributed by atoms with Crippen LogP contribution in [0.2, 0.25) is 0 Å². The second-order valence-corrected chi connectivity index (χ2v) is 7.40. The highest BCUT2D eigenvalue weighted by Gasteiger charge is 2.40. The van der Waals surface area contributed by atoms with E-state index in [9.17, 15) is 9.59 Å². The van der Waals surface area contributed by atoms with Crippen molar-refractivity contribution < 1.29 is 19.1 Å². The van der Waals surface area contributed by atoms with Crippen LogP contribution in [0.15, 0.2) is 0 Å². The number of rotatable bonds is 3. The van der Waals surface area contributed by atoms with E-state index >= 15 is 0 Å². The van der Waals surface area contributed by atoms with Crippen LogP contribution in [0.4, 0.5) is 0 Å². The van der Waals surface area contributed by atoms with Gasteiger partial charge in [-0.15, -0.1) is 0 Å². The third kappa shape index (κ3) is 4.80. The molecule has 0 aromatic rings. The van der Waals surface area contributed by atoms with E-state index in [-0.39, 0.29) is 17.4 Å². The predicted octanol–water partition coefficient (Wildman–Crippen LogP) is 3.48. The molecule has 0 radical (unpaired) electrons. The summed E-state index contributed by atoms with van der Waals surface area (Å²) in [5.74, 6) is -1.50. The molecule has 4 heteroatoms. The standard InChI is InChI=1S/C16H28O4/c1-11(2)19-13(17)14(18)20-16(5,6)12-8-7-9-15(3,4)10-12/h11-12H,7-10H2,1-6H3. The molecule has 0 spiro atoms. The van der Waals surface area contributed by atoms with E-state index in [4.69, 9.17) is 9.47 Å². The molecule has 0 heterocycles. The summed E-state index contributed by atoms with van der Waals surface area (Å²) < 4.78 is 10.3. The van der Waals surface area contributed by atoms with Crippen LogP contribution in [0.25, 0.3) is 0 Å². The molecule has 0 aromatic heterocycles. The zero-order valence-corrected chi connectivity index (χ0v) is 13.6. The first-order valence-electron chi connectivity index (χ1n) is 7.47. The Kier molecular flexibility index (Phi) is 5.22. The van der Waals surface area contributed by atoms with Crippen LogP contribution in [0.5, 0.6) is 0 Å². The number of carbonyl (C=O) groups excluding carboxylic acids is 2. The Labute approximate surface area is 122 Å².